The molecule has 2 heterocycles. The van der Waals surface area contributed by atoms with E-state index in [9.17, 15) is 24.0 Å². The number of benzene rings is 1. The molecule has 0 radical (unpaired) electrons. The summed E-state index contributed by atoms with van der Waals surface area (Å²) in [6.45, 7) is 1.50. The van der Waals surface area contributed by atoms with Crippen LogP contribution in [-0.4, -0.2) is 57.3 Å². The van der Waals surface area contributed by atoms with Crippen LogP contribution in [0.15, 0.2) is 30.3 Å². The summed E-state index contributed by atoms with van der Waals surface area (Å²) in [5.41, 5.74) is 1.37. The number of nitrogens with one attached hydrogen (secondary N) is 3. The van der Waals surface area contributed by atoms with Crippen molar-refractivity contribution in [3.8, 4) is 0 Å². The normalized spacial score (nSPS) is 24.3. The Morgan fingerprint density at radius 3 is 2.38 bits per heavy atom. The lowest BCUT2D eigenvalue weighted by molar-refractivity contribution is -0.139. The quantitative estimate of drug-likeness (QED) is 0.548. The van der Waals surface area contributed by atoms with Gasteiger partial charge in [-0.3, -0.25) is 24.7 Å². The molecule has 32 heavy (non-hydrogen) atoms. The molecule has 3 N–H and O–H groups in total. The fraction of sp³-hybridized carbons (Fsp3) is 0.500. The first-order chi connectivity index (χ1) is 15.2. The van der Waals surface area contributed by atoms with Crippen LogP contribution >= 0.6 is 0 Å². The maximum atomic E-state index is 12.8. The third-order valence-corrected chi connectivity index (χ3v) is 6.52. The first-order valence-corrected chi connectivity index (χ1v) is 10.9. The van der Waals surface area contributed by atoms with Gasteiger partial charge in [-0.25, -0.2) is 9.59 Å². The number of nitrogens with zero attached hydrogens (tertiary/aromatic N) is 2. The number of rotatable bonds is 7. The molecule has 2 saturated heterocycles. The number of hydrogen-bond acceptors (Lipinski definition) is 5. The maximum absolute atomic E-state index is 12.8. The van der Waals surface area contributed by atoms with Crippen LogP contribution in [0.2, 0.25) is 0 Å². The zero-order valence-corrected chi connectivity index (χ0v) is 18.0. The second kappa shape index (κ2) is 8.25. The maximum Gasteiger partial charge on any atom is 0.344 e. The van der Waals surface area contributed by atoms with E-state index in [0.717, 1.165) is 23.3 Å². The van der Waals surface area contributed by atoms with Crippen molar-refractivity contribution in [1.82, 2.24) is 26.0 Å². The standard InChI is InChI=1S/C22H27N5O5/c1-21(13-9-15-7-3-2-4-8-15)17(29)27(20(32)23-21)25-16(28)10-14-26-18(30)22(24-19(26)31)11-5-6-12-22/h2-4,7-8H,5-6,9-14H2,1H3,(H,23,32)(H,24,31)(H,25,28)/t21-/m1/s1. The van der Waals surface area contributed by atoms with Gasteiger partial charge < -0.3 is 10.6 Å². The van der Waals surface area contributed by atoms with Gasteiger partial charge in [0.15, 0.2) is 0 Å². The zero-order valence-electron chi connectivity index (χ0n) is 18.0. The molecule has 0 aromatic heterocycles. The second-order valence-electron chi connectivity index (χ2n) is 8.85. The van der Waals surface area contributed by atoms with Gasteiger partial charge in [0.2, 0.25) is 5.91 Å². The highest BCUT2D eigenvalue weighted by molar-refractivity contribution is 6.08. The Balaban J connectivity index is 1.31. The Hall–Kier alpha value is -3.43. The van der Waals surface area contributed by atoms with E-state index in [1.54, 1.807) is 6.92 Å². The lowest BCUT2D eigenvalue weighted by Crippen LogP contribution is -2.49. The largest absolute Gasteiger partial charge is 0.344 e. The summed E-state index contributed by atoms with van der Waals surface area (Å²) >= 11 is 0. The average Bonchev–Trinajstić information content (AvgIpc) is 3.39. The van der Waals surface area contributed by atoms with Gasteiger partial charge >= 0.3 is 12.1 Å². The van der Waals surface area contributed by atoms with Crippen LogP contribution < -0.4 is 16.1 Å². The molecule has 1 atom stereocenters. The number of amides is 7. The molecular weight excluding hydrogens is 414 g/mol. The number of carbonyl (C=O) groups excluding carboxylic acids is 5. The van der Waals surface area contributed by atoms with E-state index in [4.69, 9.17) is 0 Å². The summed E-state index contributed by atoms with van der Waals surface area (Å²) in [5, 5.41) is 6.08. The first kappa shape index (κ1) is 21.8. The highest BCUT2D eigenvalue weighted by Crippen LogP contribution is 2.35. The van der Waals surface area contributed by atoms with Crippen molar-refractivity contribution in [2.75, 3.05) is 6.54 Å². The Morgan fingerprint density at radius 1 is 1.00 bits per heavy atom. The van der Waals surface area contributed by atoms with Crippen LogP contribution in [0.1, 0.15) is 51.0 Å². The number of hydrogen-bond donors (Lipinski definition) is 3. The summed E-state index contributed by atoms with van der Waals surface area (Å²) in [4.78, 5) is 63.5. The first-order valence-electron chi connectivity index (χ1n) is 10.9. The SMILES string of the molecule is C[C@]1(CCc2ccccc2)NC(=O)N(NC(=O)CCN2C(=O)NC3(CCCC3)C2=O)C1=O. The summed E-state index contributed by atoms with van der Waals surface area (Å²) in [5.74, 6) is -1.49. The van der Waals surface area contributed by atoms with E-state index in [-0.39, 0.29) is 18.9 Å². The monoisotopic (exact) mass is 441 g/mol. The van der Waals surface area contributed by atoms with Crippen LogP contribution in [0.4, 0.5) is 9.59 Å². The van der Waals surface area contributed by atoms with Gasteiger partial charge in [-0.1, -0.05) is 43.2 Å². The third kappa shape index (κ3) is 3.92. The van der Waals surface area contributed by atoms with Crippen molar-refractivity contribution in [1.29, 1.82) is 0 Å². The molecular formula is C22H27N5O5. The molecule has 1 aromatic rings. The summed E-state index contributed by atoms with van der Waals surface area (Å²) in [7, 11) is 0. The predicted molar refractivity (Wildman–Crippen MR) is 113 cm³/mol. The van der Waals surface area contributed by atoms with Crippen LogP contribution in [0.25, 0.3) is 0 Å². The molecule has 170 valence electrons. The Labute approximate surface area is 185 Å². The molecule has 0 unspecified atom stereocenters. The molecule has 10 nitrogen and oxygen atoms in total. The fourth-order valence-corrected chi connectivity index (χ4v) is 4.59. The average molecular weight is 441 g/mol. The van der Waals surface area contributed by atoms with E-state index in [1.807, 2.05) is 30.3 Å². The number of urea groups is 2. The number of carbonyl (C=O) groups is 5. The van der Waals surface area contributed by atoms with E-state index in [1.165, 1.54) is 0 Å². The minimum absolute atomic E-state index is 0.118. The zero-order chi connectivity index (χ0) is 22.9. The number of aryl methyl sites for hydroxylation is 1. The molecule has 4 rings (SSSR count). The van der Waals surface area contributed by atoms with Crippen molar-refractivity contribution in [3.05, 3.63) is 35.9 Å². The van der Waals surface area contributed by atoms with E-state index >= 15 is 0 Å². The molecule has 3 aliphatic rings. The van der Waals surface area contributed by atoms with Gasteiger partial charge in [0.1, 0.15) is 11.1 Å². The third-order valence-electron chi connectivity index (χ3n) is 6.52. The molecule has 1 aliphatic carbocycles. The smallest absolute Gasteiger partial charge is 0.323 e. The van der Waals surface area contributed by atoms with Crippen molar-refractivity contribution in [2.45, 2.75) is 62.9 Å². The van der Waals surface area contributed by atoms with Crippen molar-refractivity contribution < 1.29 is 24.0 Å². The summed E-state index contributed by atoms with van der Waals surface area (Å²) in [6, 6.07) is 8.37. The van der Waals surface area contributed by atoms with E-state index < -0.39 is 35.0 Å². The molecule has 1 spiro atoms. The van der Waals surface area contributed by atoms with Crippen molar-refractivity contribution in [2.24, 2.45) is 0 Å². The van der Waals surface area contributed by atoms with Crippen molar-refractivity contribution >= 4 is 29.8 Å². The van der Waals surface area contributed by atoms with Crippen LogP contribution in [0.3, 0.4) is 0 Å². The van der Waals surface area contributed by atoms with Crippen LogP contribution in [0, 0.1) is 0 Å². The Kier molecular flexibility index (Phi) is 5.62. The minimum Gasteiger partial charge on any atom is -0.323 e. The van der Waals surface area contributed by atoms with Gasteiger partial charge in [0.25, 0.3) is 11.8 Å². The highest BCUT2D eigenvalue weighted by Gasteiger charge is 2.52. The van der Waals surface area contributed by atoms with Crippen LogP contribution in [0.5, 0.6) is 0 Å². The lowest BCUT2D eigenvalue weighted by atomic mass is 9.93. The summed E-state index contributed by atoms with van der Waals surface area (Å²) < 4.78 is 0. The second-order valence-corrected chi connectivity index (χ2v) is 8.85. The lowest BCUT2D eigenvalue weighted by Gasteiger charge is -2.22. The van der Waals surface area contributed by atoms with Gasteiger partial charge in [0.05, 0.1) is 0 Å². The molecule has 2 aliphatic heterocycles. The molecule has 1 saturated carbocycles. The number of hydrazine groups is 1. The Bertz CT molecular complexity index is 959. The van der Waals surface area contributed by atoms with Gasteiger partial charge in [-0.2, -0.15) is 5.01 Å². The predicted octanol–water partition coefficient (Wildman–Crippen LogP) is 1.22. The molecule has 3 fully saturated rings. The van der Waals surface area contributed by atoms with Gasteiger partial charge in [0, 0.05) is 13.0 Å². The topological polar surface area (TPSA) is 128 Å². The molecule has 10 heteroatoms. The Morgan fingerprint density at radius 2 is 1.69 bits per heavy atom. The van der Waals surface area contributed by atoms with E-state index in [2.05, 4.69) is 16.1 Å². The molecule has 1 aromatic carbocycles. The fourth-order valence-electron chi connectivity index (χ4n) is 4.59. The van der Waals surface area contributed by atoms with Crippen LogP contribution in [-0.2, 0) is 20.8 Å². The molecule has 7 amide bonds. The summed E-state index contributed by atoms with van der Waals surface area (Å²) in [6.07, 6.45) is 3.68. The van der Waals surface area contributed by atoms with Gasteiger partial charge in [-0.15, -0.1) is 0 Å². The highest BCUT2D eigenvalue weighted by atomic mass is 16.2. The number of imide groups is 2. The van der Waals surface area contributed by atoms with Gasteiger partial charge in [-0.05, 0) is 38.2 Å². The molecule has 0 bridgehead atoms. The van der Waals surface area contributed by atoms with E-state index in [0.29, 0.717) is 30.7 Å². The minimum atomic E-state index is -1.14. The van der Waals surface area contributed by atoms with Crippen molar-refractivity contribution in [3.63, 3.8) is 0 Å².